The number of hydrogen-bond donors (Lipinski definition) is 1. The van der Waals surface area contributed by atoms with Crippen molar-refractivity contribution in [3.05, 3.63) is 57.6 Å². The lowest BCUT2D eigenvalue weighted by molar-refractivity contribution is 0.475. The minimum absolute atomic E-state index is 0.00983. The van der Waals surface area contributed by atoms with E-state index in [1.807, 2.05) is 12.1 Å². The Morgan fingerprint density at radius 3 is 2.52 bits per heavy atom. The maximum Gasteiger partial charge on any atom is 0.143 e. The van der Waals surface area contributed by atoms with Crippen LogP contribution in [-0.2, 0) is 6.42 Å². The highest BCUT2D eigenvalue weighted by Crippen LogP contribution is 2.30. The van der Waals surface area contributed by atoms with Crippen LogP contribution < -0.4 is 0 Å². The molecular weight excluding hydrogens is 305 g/mol. The molecule has 2 rings (SSSR count). The summed E-state index contributed by atoms with van der Waals surface area (Å²) in [5.41, 5.74) is 2.64. The zero-order chi connectivity index (χ0) is 15.2. The summed E-state index contributed by atoms with van der Waals surface area (Å²) < 4.78 is 0. The highest BCUT2D eigenvalue weighted by molar-refractivity contribution is 6.36. The van der Waals surface area contributed by atoms with Crippen LogP contribution in [0.4, 0.5) is 5.69 Å². The van der Waals surface area contributed by atoms with Gasteiger partial charge >= 0.3 is 0 Å². The molecule has 0 atom stereocenters. The molecule has 2 nitrogen and oxygen atoms in total. The second-order valence-corrected chi connectivity index (χ2v) is 5.70. The summed E-state index contributed by atoms with van der Waals surface area (Å²) in [7, 11) is 0. The van der Waals surface area contributed by atoms with Gasteiger partial charge in [0.05, 0.1) is 10.7 Å². The Labute approximate surface area is 135 Å². The predicted octanol–water partition coefficient (Wildman–Crippen LogP) is 5.79. The summed E-state index contributed by atoms with van der Waals surface area (Å²) in [5.74, 6) is -0.00983. The molecule has 4 heteroatoms. The van der Waals surface area contributed by atoms with E-state index in [0.717, 1.165) is 12.1 Å². The van der Waals surface area contributed by atoms with Crippen molar-refractivity contribution in [1.29, 1.82) is 0 Å². The molecule has 0 unspecified atom stereocenters. The zero-order valence-corrected chi connectivity index (χ0v) is 13.3. The molecule has 21 heavy (non-hydrogen) atoms. The lowest BCUT2D eigenvalue weighted by Crippen LogP contribution is -1.85. The van der Waals surface area contributed by atoms with E-state index in [1.54, 1.807) is 12.3 Å². The Morgan fingerprint density at radius 1 is 1.14 bits per heavy atom. The van der Waals surface area contributed by atoms with Gasteiger partial charge in [0.25, 0.3) is 0 Å². The van der Waals surface area contributed by atoms with Gasteiger partial charge in [-0.2, -0.15) is 0 Å². The first-order chi connectivity index (χ1) is 10.1. The van der Waals surface area contributed by atoms with Crippen molar-refractivity contribution >= 4 is 35.1 Å². The van der Waals surface area contributed by atoms with Gasteiger partial charge in [-0.3, -0.25) is 4.99 Å². The van der Waals surface area contributed by atoms with Gasteiger partial charge in [0.2, 0.25) is 0 Å². The van der Waals surface area contributed by atoms with Crippen molar-refractivity contribution in [2.45, 2.75) is 26.2 Å². The van der Waals surface area contributed by atoms with Gasteiger partial charge in [0, 0.05) is 16.8 Å². The molecule has 0 saturated heterocycles. The van der Waals surface area contributed by atoms with Crippen LogP contribution in [-0.4, -0.2) is 11.3 Å². The van der Waals surface area contributed by atoms with Crippen molar-refractivity contribution < 1.29 is 5.11 Å². The number of benzene rings is 2. The van der Waals surface area contributed by atoms with E-state index in [9.17, 15) is 5.11 Å². The summed E-state index contributed by atoms with van der Waals surface area (Å²) in [6.07, 6.45) is 5.03. The van der Waals surface area contributed by atoms with Crippen LogP contribution in [0.25, 0.3) is 0 Å². The molecule has 0 saturated carbocycles. The van der Waals surface area contributed by atoms with Crippen LogP contribution in [0.2, 0.25) is 10.0 Å². The van der Waals surface area contributed by atoms with E-state index < -0.39 is 0 Å². The summed E-state index contributed by atoms with van der Waals surface area (Å²) in [6, 6.07) is 11.2. The number of aryl methyl sites for hydroxylation is 1. The summed E-state index contributed by atoms with van der Waals surface area (Å²) in [6.45, 7) is 2.18. The molecule has 0 fully saturated rings. The van der Waals surface area contributed by atoms with Gasteiger partial charge in [-0.25, -0.2) is 0 Å². The zero-order valence-electron chi connectivity index (χ0n) is 11.8. The molecule has 1 N–H and O–H groups in total. The van der Waals surface area contributed by atoms with E-state index in [1.165, 1.54) is 24.5 Å². The lowest BCUT2D eigenvalue weighted by Gasteiger charge is -2.03. The number of hydrogen-bond acceptors (Lipinski definition) is 2. The van der Waals surface area contributed by atoms with E-state index in [0.29, 0.717) is 10.6 Å². The highest BCUT2D eigenvalue weighted by atomic mass is 35.5. The number of phenols is 1. The van der Waals surface area contributed by atoms with Gasteiger partial charge in [-0.1, -0.05) is 48.7 Å². The maximum absolute atomic E-state index is 9.86. The topological polar surface area (TPSA) is 32.6 Å². The lowest BCUT2D eigenvalue weighted by atomic mass is 10.1. The molecule has 110 valence electrons. The predicted molar refractivity (Wildman–Crippen MR) is 90.4 cm³/mol. The van der Waals surface area contributed by atoms with Gasteiger partial charge in [0.1, 0.15) is 5.75 Å². The Kier molecular flexibility index (Phi) is 5.66. The Bertz CT molecular complexity index is 636. The Hall–Kier alpha value is -1.51. The second kappa shape index (κ2) is 7.48. The molecule has 0 aromatic heterocycles. The smallest absolute Gasteiger partial charge is 0.143 e. The van der Waals surface area contributed by atoms with Crippen LogP contribution in [0.5, 0.6) is 5.75 Å². The molecule has 0 bridgehead atoms. The summed E-state index contributed by atoms with van der Waals surface area (Å²) >= 11 is 11.8. The second-order valence-electron chi connectivity index (χ2n) is 4.85. The molecule has 0 heterocycles. The van der Waals surface area contributed by atoms with Crippen LogP contribution in [0.3, 0.4) is 0 Å². The number of nitrogens with zero attached hydrogens (tertiary/aromatic N) is 1. The molecule has 2 aromatic carbocycles. The van der Waals surface area contributed by atoms with E-state index in [4.69, 9.17) is 23.2 Å². The van der Waals surface area contributed by atoms with Crippen molar-refractivity contribution in [2.24, 2.45) is 4.99 Å². The van der Waals surface area contributed by atoms with Crippen molar-refractivity contribution in [3.8, 4) is 5.75 Å². The molecule has 0 spiro atoms. The summed E-state index contributed by atoms with van der Waals surface area (Å²) in [4.78, 5) is 4.34. The van der Waals surface area contributed by atoms with Crippen molar-refractivity contribution in [3.63, 3.8) is 0 Å². The third-order valence-electron chi connectivity index (χ3n) is 3.17. The first-order valence-corrected chi connectivity index (χ1v) is 7.66. The quantitative estimate of drug-likeness (QED) is 0.694. The SMILES string of the molecule is CCCCc1ccc(N=Cc2cc(Cl)cc(Cl)c2O)cc1. The summed E-state index contributed by atoms with van der Waals surface area (Å²) in [5, 5.41) is 10.5. The minimum atomic E-state index is -0.00983. The van der Waals surface area contributed by atoms with Crippen molar-refractivity contribution in [2.75, 3.05) is 0 Å². The molecule has 2 aromatic rings. The molecule has 0 amide bonds. The number of aliphatic imine (C=N–C) groups is 1. The standard InChI is InChI=1S/C17H17Cl2NO/c1-2-3-4-12-5-7-15(8-6-12)20-11-13-9-14(18)10-16(19)17(13)21/h5-11,21H,2-4H2,1H3. The van der Waals surface area contributed by atoms with E-state index in [2.05, 4.69) is 24.0 Å². The average molecular weight is 322 g/mol. The van der Waals surface area contributed by atoms with Gasteiger partial charge in [-0.15, -0.1) is 0 Å². The first-order valence-electron chi connectivity index (χ1n) is 6.91. The van der Waals surface area contributed by atoms with Crippen LogP contribution in [0.1, 0.15) is 30.9 Å². The first kappa shape index (κ1) is 15.9. The molecule has 0 aliphatic rings. The van der Waals surface area contributed by atoms with Gasteiger partial charge in [-0.05, 0) is 42.7 Å². The normalized spacial score (nSPS) is 11.2. The fraction of sp³-hybridized carbons (Fsp3) is 0.235. The monoisotopic (exact) mass is 321 g/mol. The number of rotatable bonds is 5. The molecule has 0 radical (unpaired) electrons. The molecular formula is C17H17Cl2NO. The third-order valence-corrected chi connectivity index (χ3v) is 3.67. The fourth-order valence-electron chi connectivity index (χ4n) is 1.96. The van der Waals surface area contributed by atoms with E-state index >= 15 is 0 Å². The largest absolute Gasteiger partial charge is 0.506 e. The van der Waals surface area contributed by atoms with E-state index in [-0.39, 0.29) is 10.8 Å². The Morgan fingerprint density at radius 2 is 1.86 bits per heavy atom. The van der Waals surface area contributed by atoms with Crippen molar-refractivity contribution in [1.82, 2.24) is 0 Å². The van der Waals surface area contributed by atoms with Crippen LogP contribution in [0, 0.1) is 0 Å². The number of aromatic hydroxyl groups is 1. The maximum atomic E-state index is 9.86. The highest BCUT2D eigenvalue weighted by Gasteiger charge is 2.05. The van der Waals surface area contributed by atoms with Crippen LogP contribution in [0.15, 0.2) is 41.4 Å². The molecule has 0 aliphatic carbocycles. The number of halogens is 2. The molecule has 0 aliphatic heterocycles. The van der Waals surface area contributed by atoms with Gasteiger partial charge < -0.3 is 5.11 Å². The minimum Gasteiger partial charge on any atom is -0.506 e. The third kappa shape index (κ3) is 4.48. The fourth-order valence-corrected chi connectivity index (χ4v) is 2.47. The number of phenolic OH excluding ortho intramolecular Hbond substituents is 1. The Balaban J connectivity index is 2.14. The average Bonchev–Trinajstić information content (AvgIpc) is 2.48. The number of unbranched alkanes of at least 4 members (excludes halogenated alkanes) is 1. The van der Waals surface area contributed by atoms with Gasteiger partial charge in [0.15, 0.2) is 0 Å². The van der Waals surface area contributed by atoms with Crippen LogP contribution >= 0.6 is 23.2 Å².